The van der Waals surface area contributed by atoms with Gasteiger partial charge >= 0.3 is 13.8 Å². The standard InChI is InChI=1S/C15H31O7P.C2H7NO/c1-2-3-4-5-6-7-8-9-10-11-15(17)22-14(12-16)13-21-23(18,19)20;3-1-2-4/h14,16H,2-13H2,1H3,(H2,18,19,20);4H,1-3H2. The highest BCUT2D eigenvalue weighted by Gasteiger charge is 2.20. The van der Waals surface area contributed by atoms with E-state index in [1.165, 1.54) is 38.5 Å². The monoisotopic (exact) mass is 415 g/mol. The van der Waals surface area contributed by atoms with Crippen molar-refractivity contribution in [2.75, 3.05) is 26.4 Å². The van der Waals surface area contributed by atoms with E-state index in [0.29, 0.717) is 13.0 Å². The van der Waals surface area contributed by atoms with Gasteiger partial charge in [0.05, 0.1) is 19.8 Å². The number of hydrogen-bond donors (Lipinski definition) is 5. The summed E-state index contributed by atoms with van der Waals surface area (Å²) in [7, 11) is -4.62. The zero-order valence-corrected chi connectivity index (χ0v) is 17.3. The van der Waals surface area contributed by atoms with E-state index in [1.54, 1.807) is 0 Å². The third-order valence-electron chi connectivity index (χ3n) is 3.54. The minimum Gasteiger partial charge on any atom is -0.457 e. The first kappa shape index (κ1) is 28.7. The predicted molar refractivity (Wildman–Crippen MR) is 103 cm³/mol. The molecule has 0 aromatic rings. The Labute approximate surface area is 162 Å². The molecule has 0 rings (SSSR count). The molecule has 0 saturated carbocycles. The SMILES string of the molecule is CCCCCCCCCCCC(=O)OC(CO)COP(=O)(O)O.NCCO. The highest BCUT2D eigenvalue weighted by atomic mass is 31.2. The molecule has 0 aliphatic heterocycles. The third-order valence-corrected chi connectivity index (χ3v) is 4.03. The molecule has 0 spiro atoms. The number of phosphoric acid groups is 1. The number of ether oxygens (including phenoxy) is 1. The van der Waals surface area contributed by atoms with Crippen LogP contribution in [0.4, 0.5) is 0 Å². The number of rotatable bonds is 16. The highest BCUT2D eigenvalue weighted by molar-refractivity contribution is 7.46. The van der Waals surface area contributed by atoms with Gasteiger partial charge in [-0.05, 0) is 6.42 Å². The van der Waals surface area contributed by atoms with Gasteiger partial charge in [-0.25, -0.2) is 4.57 Å². The van der Waals surface area contributed by atoms with Crippen LogP contribution in [-0.4, -0.2) is 58.4 Å². The number of nitrogens with two attached hydrogens (primary N) is 1. The van der Waals surface area contributed by atoms with Crippen LogP contribution in [0, 0.1) is 0 Å². The van der Waals surface area contributed by atoms with Gasteiger partial charge < -0.3 is 30.5 Å². The summed E-state index contributed by atoms with van der Waals surface area (Å²) >= 11 is 0. The molecule has 0 heterocycles. The van der Waals surface area contributed by atoms with E-state index in [0.717, 1.165) is 12.8 Å². The molecule has 10 heteroatoms. The molecule has 0 aromatic heterocycles. The maximum Gasteiger partial charge on any atom is 0.469 e. The molecule has 0 saturated heterocycles. The Morgan fingerprint density at radius 1 is 1.00 bits per heavy atom. The lowest BCUT2D eigenvalue weighted by Crippen LogP contribution is -2.26. The minimum absolute atomic E-state index is 0.0972. The molecule has 0 amide bonds. The summed E-state index contributed by atoms with van der Waals surface area (Å²) in [4.78, 5) is 28.7. The van der Waals surface area contributed by atoms with Crippen molar-refractivity contribution in [3.05, 3.63) is 0 Å². The normalized spacial score (nSPS) is 12.2. The second kappa shape index (κ2) is 20.2. The Morgan fingerprint density at radius 2 is 1.48 bits per heavy atom. The fraction of sp³-hybridized carbons (Fsp3) is 0.941. The molecule has 1 unspecified atom stereocenters. The van der Waals surface area contributed by atoms with Crippen LogP contribution >= 0.6 is 7.82 Å². The average Bonchev–Trinajstić information content (AvgIpc) is 2.63. The van der Waals surface area contributed by atoms with Crippen LogP contribution in [0.25, 0.3) is 0 Å². The largest absolute Gasteiger partial charge is 0.469 e. The molecule has 9 nitrogen and oxygen atoms in total. The zero-order chi connectivity index (χ0) is 21.0. The van der Waals surface area contributed by atoms with E-state index in [4.69, 9.17) is 30.5 Å². The van der Waals surface area contributed by atoms with E-state index < -0.39 is 33.1 Å². The van der Waals surface area contributed by atoms with Crippen molar-refractivity contribution >= 4 is 13.8 Å². The maximum absolute atomic E-state index is 11.6. The zero-order valence-electron chi connectivity index (χ0n) is 16.4. The van der Waals surface area contributed by atoms with Crippen molar-refractivity contribution in [2.45, 2.75) is 77.2 Å². The molecule has 0 aliphatic carbocycles. The van der Waals surface area contributed by atoms with Crippen molar-refractivity contribution in [1.82, 2.24) is 0 Å². The van der Waals surface area contributed by atoms with E-state index >= 15 is 0 Å². The highest BCUT2D eigenvalue weighted by Crippen LogP contribution is 2.35. The first-order valence-corrected chi connectivity index (χ1v) is 11.1. The van der Waals surface area contributed by atoms with Gasteiger partial charge in [-0.3, -0.25) is 9.32 Å². The quantitative estimate of drug-likeness (QED) is 0.144. The number of aliphatic hydroxyl groups excluding tert-OH is 2. The Hall–Kier alpha value is -0.540. The topological polar surface area (TPSA) is 160 Å². The third kappa shape index (κ3) is 25.5. The Morgan fingerprint density at radius 3 is 1.89 bits per heavy atom. The summed E-state index contributed by atoms with van der Waals surface area (Å²) in [6.45, 7) is 1.60. The lowest BCUT2D eigenvalue weighted by atomic mass is 10.1. The van der Waals surface area contributed by atoms with Crippen molar-refractivity contribution in [3.63, 3.8) is 0 Å². The van der Waals surface area contributed by atoms with Crippen molar-refractivity contribution in [1.29, 1.82) is 0 Å². The van der Waals surface area contributed by atoms with Crippen molar-refractivity contribution in [3.8, 4) is 0 Å². The number of esters is 1. The van der Waals surface area contributed by atoms with Crippen molar-refractivity contribution < 1.29 is 38.6 Å². The number of phosphoric ester groups is 1. The van der Waals surface area contributed by atoms with Crippen molar-refractivity contribution in [2.24, 2.45) is 5.73 Å². The Kier molecular flexibility index (Phi) is 21.4. The maximum atomic E-state index is 11.6. The fourth-order valence-corrected chi connectivity index (χ4v) is 2.49. The van der Waals surface area contributed by atoms with E-state index in [1.807, 2.05) is 0 Å². The molecule has 0 fully saturated rings. The first-order valence-electron chi connectivity index (χ1n) is 9.62. The van der Waals surface area contributed by atoms with Gasteiger partial charge in [0, 0.05) is 13.0 Å². The van der Waals surface area contributed by atoms with E-state index in [9.17, 15) is 9.36 Å². The molecule has 0 aromatic carbocycles. The summed E-state index contributed by atoms with van der Waals surface area (Å²) < 4.78 is 19.7. The molecule has 27 heavy (non-hydrogen) atoms. The van der Waals surface area contributed by atoms with Gasteiger partial charge in [0.15, 0.2) is 0 Å². The van der Waals surface area contributed by atoms with Gasteiger partial charge in [-0.1, -0.05) is 58.3 Å². The summed E-state index contributed by atoms with van der Waals surface area (Å²) in [6, 6.07) is 0. The summed E-state index contributed by atoms with van der Waals surface area (Å²) in [5, 5.41) is 16.7. The Bertz CT molecular complexity index is 376. The molecular formula is C17H38NO8P. The van der Waals surface area contributed by atoms with Crippen LogP contribution in [0.3, 0.4) is 0 Å². The second-order valence-corrected chi connectivity index (χ2v) is 7.41. The first-order chi connectivity index (χ1) is 12.8. The second-order valence-electron chi connectivity index (χ2n) is 6.17. The molecule has 1 atom stereocenters. The summed E-state index contributed by atoms with van der Waals surface area (Å²) in [6.07, 6.45) is 9.46. The summed E-state index contributed by atoms with van der Waals surface area (Å²) in [5.41, 5.74) is 4.78. The summed E-state index contributed by atoms with van der Waals surface area (Å²) in [5.74, 6) is -0.485. The lowest BCUT2D eigenvalue weighted by Gasteiger charge is -2.15. The van der Waals surface area contributed by atoms with Gasteiger partial charge in [0.2, 0.25) is 0 Å². The van der Waals surface area contributed by atoms with Crippen LogP contribution in [0.1, 0.15) is 71.1 Å². The molecule has 0 aliphatic rings. The number of carbonyl (C=O) groups excluding carboxylic acids is 1. The molecule has 0 radical (unpaired) electrons. The molecule has 6 N–H and O–H groups in total. The van der Waals surface area contributed by atoms with Gasteiger partial charge in [0.25, 0.3) is 0 Å². The van der Waals surface area contributed by atoms with Crippen LogP contribution in [-0.2, 0) is 18.6 Å². The number of hydrogen-bond acceptors (Lipinski definition) is 7. The van der Waals surface area contributed by atoms with E-state index in [-0.39, 0.29) is 13.0 Å². The number of aliphatic hydroxyl groups is 2. The molecular weight excluding hydrogens is 377 g/mol. The minimum atomic E-state index is -4.62. The van der Waals surface area contributed by atoms with Crippen LogP contribution < -0.4 is 5.73 Å². The average molecular weight is 415 g/mol. The van der Waals surface area contributed by atoms with Gasteiger partial charge in [-0.15, -0.1) is 0 Å². The molecule has 0 bridgehead atoms. The van der Waals surface area contributed by atoms with Crippen LogP contribution in [0.5, 0.6) is 0 Å². The lowest BCUT2D eigenvalue weighted by molar-refractivity contribution is -0.153. The number of carbonyl (C=O) groups is 1. The Balaban J connectivity index is 0. The number of unbranched alkanes of at least 4 members (excludes halogenated alkanes) is 8. The van der Waals surface area contributed by atoms with E-state index in [2.05, 4.69) is 11.4 Å². The van der Waals surface area contributed by atoms with Crippen LogP contribution in [0.2, 0.25) is 0 Å². The predicted octanol–water partition coefficient (Wildman–Crippen LogP) is 1.86. The smallest absolute Gasteiger partial charge is 0.457 e. The fourth-order valence-electron chi connectivity index (χ4n) is 2.13. The molecule has 164 valence electrons. The van der Waals surface area contributed by atoms with Gasteiger partial charge in [-0.2, -0.15) is 0 Å². The van der Waals surface area contributed by atoms with Crippen LogP contribution in [0.15, 0.2) is 0 Å². The van der Waals surface area contributed by atoms with Gasteiger partial charge in [0.1, 0.15) is 6.10 Å².